The molecule has 16 heavy (non-hydrogen) atoms. The largest absolute Gasteiger partial charge is 0.326 e. The van der Waals surface area contributed by atoms with Gasteiger partial charge in [0.25, 0.3) is 0 Å². The van der Waals surface area contributed by atoms with Crippen molar-refractivity contribution >= 4 is 38.9 Å². The normalized spacial score (nSPS) is 10.1. The zero-order valence-corrected chi connectivity index (χ0v) is 10.7. The molecule has 0 saturated carbocycles. The van der Waals surface area contributed by atoms with Crippen LogP contribution in [0.15, 0.2) is 39.6 Å². The number of halogens is 1. The average molecular weight is 297 g/mol. The topological polar surface area (TPSA) is 42.0 Å². The van der Waals surface area contributed by atoms with E-state index in [2.05, 4.69) is 26.2 Å². The number of thiazole rings is 1. The highest BCUT2D eigenvalue weighted by molar-refractivity contribution is 9.10. The van der Waals surface area contributed by atoms with Gasteiger partial charge in [0, 0.05) is 15.5 Å². The smallest absolute Gasteiger partial charge is 0.230 e. The number of amides is 1. The highest BCUT2D eigenvalue weighted by atomic mass is 79.9. The Bertz CT molecular complexity index is 467. The first-order valence-corrected chi connectivity index (χ1v) is 6.40. The summed E-state index contributed by atoms with van der Waals surface area (Å²) >= 11 is 4.83. The van der Waals surface area contributed by atoms with Crippen LogP contribution in [0.5, 0.6) is 0 Å². The molecule has 0 radical (unpaired) electrons. The standard InChI is InChI=1S/C11H9BrN2OS/c12-8-1-3-9(4-2-8)14-11(15)5-10-6-16-7-13-10/h1-4,6-7H,5H2,(H,14,15). The van der Waals surface area contributed by atoms with Crippen molar-refractivity contribution in [2.75, 3.05) is 5.32 Å². The number of rotatable bonds is 3. The van der Waals surface area contributed by atoms with Crippen LogP contribution in [-0.4, -0.2) is 10.9 Å². The fourth-order valence-electron chi connectivity index (χ4n) is 1.23. The molecule has 2 aromatic rings. The number of benzene rings is 1. The predicted octanol–water partition coefficient (Wildman–Crippen LogP) is 3.09. The third-order valence-electron chi connectivity index (χ3n) is 1.95. The van der Waals surface area contributed by atoms with E-state index >= 15 is 0 Å². The monoisotopic (exact) mass is 296 g/mol. The Morgan fingerprint density at radius 1 is 1.38 bits per heavy atom. The molecule has 0 atom stereocenters. The third kappa shape index (κ3) is 3.15. The SMILES string of the molecule is O=C(Cc1cscn1)Nc1ccc(Br)cc1. The maximum absolute atomic E-state index is 11.6. The Hall–Kier alpha value is -1.20. The van der Waals surface area contributed by atoms with Crippen LogP contribution in [0, 0.1) is 0 Å². The van der Waals surface area contributed by atoms with E-state index in [-0.39, 0.29) is 5.91 Å². The zero-order chi connectivity index (χ0) is 11.4. The second-order valence-corrected chi connectivity index (χ2v) is 4.85. The van der Waals surface area contributed by atoms with E-state index in [0.29, 0.717) is 6.42 Å². The molecule has 0 aliphatic rings. The van der Waals surface area contributed by atoms with Gasteiger partial charge in [0.1, 0.15) is 0 Å². The first kappa shape index (κ1) is 11.3. The Kier molecular flexibility index (Phi) is 3.69. The molecule has 2 rings (SSSR count). The summed E-state index contributed by atoms with van der Waals surface area (Å²) in [6.45, 7) is 0. The molecular weight excluding hydrogens is 288 g/mol. The Labute approximate surface area is 106 Å². The molecule has 0 unspecified atom stereocenters. The number of nitrogens with zero attached hydrogens (tertiary/aromatic N) is 1. The van der Waals surface area contributed by atoms with E-state index < -0.39 is 0 Å². The van der Waals surface area contributed by atoms with Gasteiger partial charge in [0.2, 0.25) is 5.91 Å². The minimum absolute atomic E-state index is 0.0479. The number of nitrogens with one attached hydrogen (secondary N) is 1. The zero-order valence-electron chi connectivity index (χ0n) is 8.31. The molecule has 5 heteroatoms. The molecule has 1 aromatic carbocycles. The summed E-state index contributed by atoms with van der Waals surface area (Å²) in [5.41, 5.74) is 3.32. The van der Waals surface area contributed by atoms with Crippen molar-refractivity contribution in [2.45, 2.75) is 6.42 Å². The first-order chi connectivity index (χ1) is 7.74. The summed E-state index contributed by atoms with van der Waals surface area (Å²) in [6.07, 6.45) is 0.319. The van der Waals surface area contributed by atoms with E-state index in [4.69, 9.17) is 0 Å². The van der Waals surface area contributed by atoms with Crippen molar-refractivity contribution in [3.63, 3.8) is 0 Å². The maximum Gasteiger partial charge on any atom is 0.230 e. The Balaban J connectivity index is 1.95. The van der Waals surface area contributed by atoms with Crippen LogP contribution in [-0.2, 0) is 11.2 Å². The molecule has 1 aromatic heterocycles. The lowest BCUT2D eigenvalue weighted by Gasteiger charge is -2.03. The number of carbonyl (C=O) groups is 1. The number of hydrogen-bond acceptors (Lipinski definition) is 3. The van der Waals surface area contributed by atoms with Crippen LogP contribution in [0.3, 0.4) is 0 Å². The summed E-state index contributed by atoms with van der Waals surface area (Å²) in [6, 6.07) is 7.48. The quantitative estimate of drug-likeness (QED) is 0.946. The van der Waals surface area contributed by atoms with Crippen LogP contribution in [0.4, 0.5) is 5.69 Å². The van der Waals surface area contributed by atoms with Crippen LogP contribution in [0.2, 0.25) is 0 Å². The van der Waals surface area contributed by atoms with Gasteiger partial charge in [-0.25, -0.2) is 4.98 Å². The van der Waals surface area contributed by atoms with E-state index in [0.717, 1.165) is 15.9 Å². The van der Waals surface area contributed by atoms with Gasteiger partial charge in [-0.2, -0.15) is 0 Å². The van der Waals surface area contributed by atoms with Crippen molar-refractivity contribution in [3.05, 3.63) is 45.3 Å². The number of carbonyl (C=O) groups excluding carboxylic acids is 1. The molecule has 0 spiro atoms. The fourth-order valence-corrected chi connectivity index (χ4v) is 2.05. The van der Waals surface area contributed by atoms with Crippen molar-refractivity contribution in [3.8, 4) is 0 Å². The van der Waals surface area contributed by atoms with Crippen LogP contribution >= 0.6 is 27.3 Å². The number of aromatic nitrogens is 1. The van der Waals surface area contributed by atoms with Crippen LogP contribution in [0.1, 0.15) is 5.69 Å². The van der Waals surface area contributed by atoms with Gasteiger partial charge in [0.05, 0.1) is 17.6 Å². The van der Waals surface area contributed by atoms with Gasteiger partial charge in [-0.15, -0.1) is 11.3 Å². The van der Waals surface area contributed by atoms with Gasteiger partial charge in [0.15, 0.2) is 0 Å². The van der Waals surface area contributed by atoms with Crippen molar-refractivity contribution in [1.29, 1.82) is 0 Å². The average Bonchev–Trinajstić information content (AvgIpc) is 2.74. The molecule has 1 heterocycles. The van der Waals surface area contributed by atoms with Gasteiger partial charge in [-0.3, -0.25) is 4.79 Å². The van der Waals surface area contributed by atoms with E-state index in [1.807, 2.05) is 29.6 Å². The molecule has 0 fully saturated rings. The summed E-state index contributed by atoms with van der Waals surface area (Å²) < 4.78 is 0.991. The Morgan fingerprint density at radius 2 is 2.12 bits per heavy atom. The van der Waals surface area contributed by atoms with Gasteiger partial charge >= 0.3 is 0 Å². The minimum Gasteiger partial charge on any atom is -0.326 e. The molecule has 0 aliphatic carbocycles. The summed E-state index contributed by atoms with van der Waals surface area (Å²) in [7, 11) is 0. The molecule has 1 N–H and O–H groups in total. The van der Waals surface area contributed by atoms with Gasteiger partial charge < -0.3 is 5.32 Å². The fraction of sp³-hybridized carbons (Fsp3) is 0.0909. The molecule has 0 saturated heterocycles. The van der Waals surface area contributed by atoms with Crippen molar-refractivity contribution < 1.29 is 4.79 Å². The second-order valence-electron chi connectivity index (χ2n) is 3.21. The van der Waals surface area contributed by atoms with E-state index in [1.165, 1.54) is 11.3 Å². The first-order valence-electron chi connectivity index (χ1n) is 4.66. The van der Waals surface area contributed by atoms with Crippen LogP contribution < -0.4 is 5.32 Å². The molecule has 1 amide bonds. The molecular formula is C11H9BrN2OS. The van der Waals surface area contributed by atoms with E-state index in [1.54, 1.807) is 5.51 Å². The lowest BCUT2D eigenvalue weighted by Crippen LogP contribution is -2.14. The minimum atomic E-state index is -0.0479. The summed E-state index contributed by atoms with van der Waals surface area (Å²) in [4.78, 5) is 15.7. The highest BCUT2D eigenvalue weighted by Gasteiger charge is 2.05. The van der Waals surface area contributed by atoms with Crippen molar-refractivity contribution in [1.82, 2.24) is 4.98 Å². The van der Waals surface area contributed by atoms with Gasteiger partial charge in [-0.05, 0) is 24.3 Å². The number of hydrogen-bond donors (Lipinski definition) is 1. The van der Waals surface area contributed by atoms with E-state index in [9.17, 15) is 4.79 Å². The lowest BCUT2D eigenvalue weighted by atomic mass is 10.3. The molecule has 0 bridgehead atoms. The lowest BCUT2D eigenvalue weighted by molar-refractivity contribution is -0.115. The molecule has 82 valence electrons. The van der Waals surface area contributed by atoms with Crippen LogP contribution in [0.25, 0.3) is 0 Å². The third-order valence-corrected chi connectivity index (χ3v) is 3.12. The predicted molar refractivity (Wildman–Crippen MR) is 68.6 cm³/mol. The maximum atomic E-state index is 11.6. The second kappa shape index (κ2) is 5.23. The molecule has 0 aliphatic heterocycles. The van der Waals surface area contributed by atoms with Crippen molar-refractivity contribution in [2.24, 2.45) is 0 Å². The van der Waals surface area contributed by atoms with Gasteiger partial charge in [-0.1, -0.05) is 15.9 Å². The highest BCUT2D eigenvalue weighted by Crippen LogP contribution is 2.14. The summed E-state index contributed by atoms with van der Waals surface area (Å²) in [5, 5.41) is 4.69. The number of anilines is 1. The molecule has 3 nitrogen and oxygen atoms in total. The summed E-state index contributed by atoms with van der Waals surface area (Å²) in [5.74, 6) is -0.0479. The Morgan fingerprint density at radius 3 is 2.75 bits per heavy atom.